The summed E-state index contributed by atoms with van der Waals surface area (Å²) < 4.78 is 31.1. The smallest absolute Gasteiger partial charge is 0.277 e. The van der Waals surface area contributed by atoms with Crippen LogP contribution in [0.15, 0.2) is 18.2 Å². The summed E-state index contributed by atoms with van der Waals surface area (Å²) in [4.78, 5) is 11.4. The summed E-state index contributed by atoms with van der Waals surface area (Å²) >= 11 is 5.89. The van der Waals surface area contributed by atoms with Crippen molar-refractivity contribution in [2.24, 2.45) is 5.73 Å². The normalized spacial score (nSPS) is 10.8. The van der Waals surface area contributed by atoms with Gasteiger partial charge in [-0.1, -0.05) is 11.6 Å². The molecule has 0 radical (unpaired) electrons. The van der Waals surface area contributed by atoms with Crippen LogP contribution in [-0.2, 0) is 4.79 Å². The van der Waals surface area contributed by atoms with Crippen molar-refractivity contribution in [3.05, 3.63) is 28.8 Å². The highest BCUT2D eigenvalue weighted by atomic mass is 35.5. The maximum atomic E-state index is 12.8. The Bertz CT molecular complexity index is 488. The molecular formula is C14H20Cl2F2N2O2. The predicted octanol–water partition coefficient (Wildman–Crippen LogP) is 2.94. The van der Waals surface area contributed by atoms with Crippen molar-refractivity contribution >= 4 is 29.9 Å². The van der Waals surface area contributed by atoms with E-state index in [1.54, 1.807) is 18.2 Å². The molecule has 0 saturated carbocycles. The molecule has 1 amide bonds. The Labute approximate surface area is 139 Å². The first-order valence-corrected chi connectivity index (χ1v) is 6.95. The summed E-state index contributed by atoms with van der Waals surface area (Å²) in [5, 5.41) is 2.80. The molecular weight excluding hydrogens is 337 g/mol. The lowest BCUT2D eigenvalue weighted by molar-refractivity contribution is -0.123. The molecule has 0 aliphatic carbocycles. The molecule has 0 bridgehead atoms. The number of nitrogens with one attached hydrogen (secondary N) is 1. The zero-order valence-electron chi connectivity index (χ0n) is 12.2. The maximum Gasteiger partial charge on any atom is 0.277 e. The van der Waals surface area contributed by atoms with Crippen molar-refractivity contribution < 1.29 is 18.3 Å². The highest BCUT2D eigenvalue weighted by Gasteiger charge is 2.26. The number of halogens is 4. The molecule has 3 N–H and O–H groups in total. The van der Waals surface area contributed by atoms with Crippen molar-refractivity contribution in [3.8, 4) is 5.75 Å². The van der Waals surface area contributed by atoms with Crippen molar-refractivity contribution in [1.29, 1.82) is 0 Å². The third kappa shape index (κ3) is 7.77. The van der Waals surface area contributed by atoms with Crippen LogP contribution >= 0.6 is 24.0 Å². The largest absolute Gasteiger partial charge is 0.494 e. The molecule has 0 atom stereocenters. The number of carbonyl (C=O) groups is 1. The predicted molar refractivity (Wildman–Crippen MR) is 85.2 cm³/mol. The molecule has 126 valence electrons. The van der Waals surface area contributed by atoms with Gasteiger partial charge in [-0.15, -0.1) is 12.4 Å². The van der Waals surface area contributed by atoms with Crippen LogP contribution in [0.1, 0.15) is 18.4 Å². The van der Waals surface area contributed by atoms with Gasteiger partial charge in [0.15, 0.2) is 0 Å². The summed E-state index contributed by atoms with van der Waals surface area (Å²) in [5.41, 5.74) is 5.77. The Kier molecular flexibility index (Phi) is 9.32. The van der Waals surface area contributed by atoms with Crippen LogP contribution in [0.2, 0.25) is 5.02 Å². The number of benzene rings is 1. The number of ether oxygens (including phenoxy) is 1. The fourth-order valence-corrected chi connectivity index (χ4v) is 1.64. The fourth-order valence-electron chi connectivity index (χ4n) is 1.52. The number of rotatable bonds is 8. The van der Waals surface area contributed by atoms with Crippen LogP contribution in [0.25, 0.3) is 0 Å². The quantitative estimate of drug-likeness (QED) is 0.703. The van der Waals surface area contributed by atoms with Crippen molar-refractivity contribution in [1.82, 2.24) is 5.32 Å². The summed E-state index contributed by atoms with van der Waals surface area (Å²) in [6.45, 7) is 0.661. The second kappa shape index (κ2) is 9.82. The summed E-state index contributed by atoms with van der Waals surface area (Å²) in [7, 11) is 0. The molecule has 0 saturated heterocycles. The number of hydrogen-bond donors (Lipinski definition) is 2. The van der Waals surface area contributed by atoms with Gasteiger partial charge < -0.3 is 15.8 Å². The van der Waals surface area contributed by atoms with Gasteiger partial charge in [-0.25, -0.2) is 8.78 Å². The van der Waals surface area contributed by atoms with E-state index < -0.39 is 24.9 Å². The zero-order chi connectivity index (χ0) is 15.9. The summed E-state index contributed by atoms with van der Waals surface area (Å²) in [5.74, 6) is -2.85. The van der Waals surface area contributed by atoms with E-state index in [0.29, 0.717) is 23.8 Å². The fraction of sp³-hybridized carbons (Fsp3) is 0.500. The third-order valence-electron chi connectivity index (χ3n) is 2.79. The van der Waals surface area contributed by atoms with Gasteiger partial charge in [-0.05, 0) is 37.1 Å². The number of alkyl halides is 2. The highest BCUT2D eigenvalue weighted by Crippen LogP contribution is 2.21. The minimum atomic E-state index is -3.06. The van der Waals surface area contributed by atoms with Crippen LogP contribution in [0.5, 0.6) is 5.75 Å². The Morgan fingerprint density at radius 3 is 2.73 bits per heavy atom. The number of hydrogen-bond acceptors (Lipinski definition) is 3. The van der Waals surface area contributed by atoms with E-state index >= 15 is 0 Å². The van der Waals surface area contributed by atoms with Gasteiger partial charge in [-0.2, -0.15) is 0 Å². The SMILES string of the molecule is Cc1cc(OCCCC(=O)NCC(F)(F)CN)ccc1Cl.Cl. The van der Waals surface area contributed by atoms with Gasteiger partial charge in [0.05, 0.1) is 19.7 Å². The van der Waals surface area contributed by atoms with Crippen LogP contribution in [0, 0.1) is 6.92 Å². The van der Waals surface area contributed by atoms with E-state index in [1.807, 2.05) is 6.92 Å². The molecule has 0 fully saturated rings. The van der Waals surface area contributed by atoms with Crippen LogP contribution < -0.4 is 15.8 Å². The lowest BCUT2D eigenvalue weighted by Crippen LogP contribution is -2.41. The number of nitrogens with two attached hydrogens (primary N) is 1. The molecule has 0 aromatic heterocycles. The zero-order valence-corrected chi connectivity index (χ0v) is 13.8. The molecule has 0 aliphatic heterocycles. The standard InChI is InChI=1S/C14H19ClF2N2O2.ClH/c1-10-7-11(4-5-12(10)15)21-6-2-3-13(20)19-9-14(16,17)8-18;/h4-5,7H,2-3,6,8-9,18H2,1H3,(H,19,20);1H. The molecule has 22 heavy (non-hydrogen) atoms. The van der Waals surface area contributed by atoms with E-state index in [4.69, 9.17) is 22.1 Å². The monoisotopic (exact) mass is 356 g/mol. The average Bonchev–Trinajstić information content (AvgIpc) is 2.45. The minimum absolute atomic E-state index is 0. The van der Waals surface area contributed by atoms with E-state index in [-0.39, 0.29) is 18.8 Å². The van der Waals surface area contributed by atoms with Crippen LogP contribution in [0.3, 0.4) is 0 Å². The molecule has 4 nitrogen and oxygen atoms in total. The average molecular weight is 357 g/mol. The second-order valence-electron chi connectivity index (χ2n) is 4.70. The molecule has 0 spiro atoms. The number of carbonyl (C=O) groups excluding carboxylic acids is 1. The number of aryl methyl sites for hydroxylation is 1. The Balaban J connectivity index is 0.00000441. The van der Waals surface area contributed by atoms with Crippen molar-refractivity contribution in [3.63, 3.8) is 0 Å². The van der Waals surface area contributed by atoms with Crippen molar-refractivity contribution in [2.75, 3.05) is 19.7 Å². The van der Waals surface area contributed by atoms with Gasteiger partial charge in [-0.3, -0.25) is 4.79 Å². The second-order valence-corrected chi connectivity index (χ2v) is 5.11. The summed E-state index contributed by atoms with van der Waals surface area (Å²) in [6.07, 6.45) is 0.551. The van der Waals surface area contributed by atoms with Crippen molar-refractivity contribution in [2.45, 2.75) is 25.7 Å². The Morgan fingerprint density at radius 1 is 1.45 bits per heavy atom. The number of amides is 1. The maximum absolute atomic E-state index is 12.8. The topological polar surface area (TPSA) is 64.3 Å². The van der Waals surface area contributed by atoms with E-state index in [2.05, 4.69) is 5.32 Å². The Hall–Kier alpha value is -1.11. The molecule has 1 aromatic carbocycles. The minimum Gasteiger partial charge on any atom is -0.494 e. The Morgan fingerprint density at radius 2 is 2.14 bits per heavy atom. The van der Waals surface area contributed by atoms with Gasteiger partial charge in [0.25, 0.3) is 5.92 Å². The van der Waals surface area contributed by atoms with Gasteiger partial charge in [0.2, 0.25) is 5.91 Å². The third-order valence-corrected chi connectivity index (χ3v) is 3.21. The van der Waals surface area contributed by atoms with Crippen LogP contribution in [0.4, 0.5) is 8.78 Å². The van der Waals surface area contributed by atoms with Gasteiger partial charge in [0.1, 0.15) is 5.75 Å². The molecule has 8 heteroatoms. The van der Waals surface area contributed by atoms with E-state index in [1.165, 1.54) is 0 Å². The van der Waals surface area contributed by atoms with Crippen LogP contribution in [-0.4, -0.2) is 31.5 Å². The highest BCUT2D eigenvalue weighted by molar-refractivity contribution is 6.31. The first kappa shape index (κ1) is 20.9. The molecule has 1 rings (SSSR count). The summed E-state index contributed by atoms with van der Waals surface area (Å²) in [6, 6.07) is 5.26. The van der Waals surface area contributed by atoms with E-state index in [0.717, 1.165) is 5.56 Å². The molecule has 0 aliphatic rings. The molecule has 0 heterocycles. The van der Waals surface area contributed by atoms with Gasteiger partial charge in [0, 0.05) is 11.4 Å². The first-order chi connectivity index (χ1) is 9.84. The molecule has 0 unspecified atom stereocenters. The van der Waals surface area contributed by atoms with Gasteiger partial charge >= 0.3 is 0 Å². The van der Waals surface area contributed by atoms with E-state index in [9.17, 15) is 13.6 Å². The molecule has 1 aromatic rings. The lowest BCUT2D eigenvalue weighted by Gasteiger charge is -2.14. The first-order valence-electron chi connectivity index (χ1n) is 6.57. The lowest BCUT2D eigenvalue weighted by atomic mass is 10.2.